The second-order valence-corrected chi connectivity index (χ2v) is 6.49. The number of carbonyl (C=O) groups excluding carboxylic acids is 1. The molecule has 5 nitrogen and oxygen atoms in total. The highest BCUT2D eigenvalue weighted by atomic mass is 79.9. The number of nitrogens with zero attached hydrogens (tertiary/aromatic N) is 2. The number of rotatable bonds is 5. The van der Waals surface area contributed by atoms with Crippen molar-refractivity contribution in [1.29, 1.82) is 0 Å². The normalized spacial score (nSPS) is 10.7. The van der Waals surface area contributed by atoms with E-state index in [9.17, 15) is 4.79 Å². The molecule has 0 fully saturated rings. The van der Waals surface area contributed by atoms with Crippen LogP contribution in [0, 0.1) is 6.92 Å². The summed E-state index contributed by atoms with van der Waals surface area (Å²) < 4.78 is 6.28. The molecule has 3 aromatic rings. The predicted molar refractivity (Wildman–Crippen MR) is 102 cm³/mol. The van der Waals surface area contributed by atoms with Crippen LogP contribution in [-0.4, -0.2) is 22.5 Å². The average molecular weight is 400 g/mol. The van der Waals surface area contributed by atoms with Gasteiger partial charge in [0.2, 0.25) is 0 Å². The maximum absolute atomic E-state index is 12.4. The Morgan fingerprint density at radius 3 is 2.56 bits per heavy atom. The third-order valence-electron chi connectivity index (χ3n) is 3.62. The number of para-hydroxylation sites is 2. The van der Waals surface area contributed by atoms with Crippen molar-refractivity contribution in [2.45, 2.75) is 20.3 Å². The number of hydrogen-bond donors (Lipinski definition) is 1. The maximum atomic E-state index is 12.4. The number of esters is 1. The van der Waals surface area contributed by atoms with Gasteiger partial charge in [-0.15, -0.1) is 0 Å². The molecule has 0 bridgehead atoms. The number of fused-ring (bicyclic) bond motifs is 1. The van der Waals surface area contributed by atoms with Crippen molar-refractivity contribution in [3.8, 4) is 0 Å². The van der Waals surface area contributed by atoms with E-state index in [1.165, 1.54) is 0 Å². The lowest BCUT2D eigenvalue weighted by atomic mass is 10.2. The SMILES string of the molecule is CCCOC(=O)c1nc2ccccc2nc1Nc1ccc(Br)c(C)c1. The van der Waals surface area contributed by atoms with E-state index in [0.29, 0.717) is 23.5 Å². The van der Waals surface area contributed by atoms with Crippen molar-refractivity contribution >= 4 is 44.4 Å². The van der Waals surface area contributed by atoms with Crippen LogP contribution in [0.4, 0.5) is 11.5 Å². The Bertz CT molecular complexity index is 928. The summed E-state index contributed by atoms with van der Waals surface area (Å²) >= 11 is 3.48. The van der Waals surface area contributed by atoms with Crippen LogP contribution in [0.2, 0.25) is 0 Å². The fourth-order valence-electron chi connectivity index (χ4n) is 2.35. The minimum Gasteiger partial charge on any atom is -0.461 e. The fraction of sp³-hybridized carbons (Fsp3) is 0.211. The number of nitrogens with one attached hydrogen (secondary N) is 1. The van der Waals surface area contributed by atoms with Gasteiger partial charge in [0.25, 0.3) is 0 Å². The van der Waals surface area contributed by atoms with E-state index in [-0.39, 0.29) is 5.69 Å². The number of carbonyl (C=O) groups is 1. The number of aromatic nitrogens is 2. The van der Waals surface area contributed by atoms with Gasteiger partial charge in [0.05, 0.1) is 17.6 Å². The monoisotopic (exact) mass is 399 g/mol. The van der Waals surface area contributed by atoms with Crippen LogP contribution >= 0.6 is 15.9 Å². The maximum Gasteiger partial charge on any atom is 0.360 e. The molecule has 0 radical (unpaired) electrons. The largest absolute Gasteiger partial charge is 0.461 e. The van der Waals surface area contributed by atoms with E-state index in [1.807, 2.05) is 56.3 Å². The summed E-state index contributed by atoms with van der Waals surface area (Å²) in [6.45, 7) is 4.30. The predicted octanol–water partition coefficient (Wildman–Crippen LogP) is 5.01. The number of hydrogen-bond acceptors (Lipinski definition) is 5. The first-order chi connectivity index (χ1) is 12.1. The third kappa shape index (κ3) is 3.96. The Morgan fingerprint density at radius 2 is 1.88 bits per heavy atom. The molecule has 0 saturated heterocycles. The third-order valence-corrected chi connectivity index (χ3v) is 4.51. The van der Waals surface area contributed by atoms with Crippen LogP contribution in [0.1, 0.15) is 29.4 Å². The zero-order valence-electron chi connectivity index (χ0n) is 14.0. The molecule has 0 aliphatic carbocycles. The molecule has 1 heterocycles. The summed E-state index contributed by atoms with van der Waals surface area (Å²) in [4.78, 5) is 21.4. The molecule has 2 aromatic carbocycles. The molecule has 3 rings (SSSR count). The van der Waals surface area contributed by atoms with E-state index in [0.717, 1.165) is 22.1 Å². The van der Waals surface area contributed by atoms with Gasteiger partial charge < -0.3 is 10.1 Å². The number of anilines is 2. The average Bonchev–Trinajstić information content (AvgIpc) is 2.62. The van der Waals surface area contributed by atoms with Crippen molar-refractivity contribution in [3.63, 3.8) is 0 Å². The summed E-state index contributed by atoms with van der Waals surface area (Å²) in [5, 5.41) is 3.19. The van der Waals surface area contributed by atoms with Crippen molar-refractivity contribution in [2.24, 2.45) is 0 Å². The second kappa shape index (κ2) is 7.61. The van der Waals surface area contributed by atoms with Crippen LogP contribution in [-0.2, 0) is 4.74 Å². The summed E-state index contributed by atoms with van der Waals surface area (Å²) in [5.41, 5.74) is 3.46. The van der Waals surface area contributed by atoms with Crippen molar-refractivity contribution < 1.29 is 9.53 Å². The van der Waals surface area contributed by atoms with Gasteiger partial charge >= 0.3 is 5.97 Å². The highest BCUT2D eigenvalue weighted by Gasteiger charge is 2.18. The van der Waals surface area contributed by atoms with Crippen molar-refractivity contribution in [1.82, 2.24) is 9.97 Å². The van der Waals surface area contributed by atoms with Crippen molar-refractivity contribution in [2.75, 3.05) is 11.9 Å². The molecule has 1 aromatic heterocycles. The number of aryl methyl sites for hydroxylation is 1. The van der Waals surface area contributed by atoms with Crippen LogP contribution in [0.5, 0.6) is 0 Å². The first-order valence-corrected chi connectivity index (χ1v) is 8.85. The zero-order chi connectivity index (χ0) is 17.8. The molecule has 0 unspecified atom stereocenters. The molecule has 0 aliphatic heterocycles. The van der Waals surface area contributed by atoms with Gasteiger partial charge in [0.1, 0.15) is 0 Å². The van der Waals surface area contributed by atoms with Gasteiger partial charge in [-0.25, -0.2) is 14.8 Å². The second-order valence-electron chi connectivity index (χ2n) is 5.63. The first-order valence-electron chi connectivity index (χ1n) is 8.05. The van der Waals surface area contributed by atoms with Crippen LogP contribution < -0.4 is 5.32 Å². The summed E-state index contributed by atoms with van der Waals surface area (Å²) in [5.74, 6) is -0.0852. The van der Waals surface area contributed by atoms with Crippen molar-refractivity contribution in [3.05, 3.63) is 58.2 Å². The van der Waals surface area contributed by atoms with E-state index in [2.05, 4.69) is 31.2 Å². The molecule has 0 spiro atoms. The number of halogens is 1. The molecule has 0 atom stereocenters. The molecular weight excluding hydrogens is 382 g/mol. The van der Waals surface area contributed by atoms with E-state index < -0.39 is 5.97 Å². The Hall–Kier alpha value is -2.47. The summed E-state index contributed by atoms with van der Waals surface area (Å²) in [6, 6.07) is 13.3. The van der Waals surface area contributed by atoms with E-state index in [4.69, 9.17) is 4.74 Å². The zero-order valence-corrected chi connectivity index (χ0v) is 15.6. The molecule has 25 heavy (non-hydrogen) atoms. The molecule has 0 aliphatic rings. The van der Waals surface area contributed by atoms with Gasteiger partial charge in [-0.2, -0.15) is 0 Å². The van der Waals surface area contributed by atoms with Gasteiger partial charge in [0, 0.05) is 10.2 Å². The summed E-state index contributed by atoms with van der Waals surface area (Å²) in [6.07, 6.45) is 0.751. The molecule has 1 N–H and O–H groups in total. The van der Waals surface area contributed by atoms with Gasteiger partial charge in [0.15, 0.2) is 11.5 Å². The minimum absolute atomic E-state index is 0.188. The fourth-order valence-corrected chi connectivity index (χ4v) is 2.60. The standard InChI is InChI=1S/C19H18BrN3O2/c1-3-10-25-19(24)17-18(21-13-8-9-14(20)12(2)11-13)23-16-7-5-4-6-15(16)22-17/h4-9,11H,3,10H2,1-2H3,(H,21,23). The Balaban J connectivity index is 2.03. The minimum atomic E-state index is -0.476. The van der Waals surface area contributed by atoms with Crippen LogP contribution in [0.15, 0.2) is 46.9 Å². The Labute approximate surface area is 154 Å². The molecule has 128 valence electrons. The van der Waals surface area contributed by atoms with Gasteiger partial charge in [-0.1, -0.05) is 35.0 Å². The highest BCUT2D eigenvalue weighted by molar-refractivity contribution is 9.10. The van der Waals surface area contributed by atoms with Crippen LogP contribution in [0.3, 0.4) is 0 Å². The van der Waals surface area contributed by atoms with E-state index >= 15 is 0 Å². The Morgan fingerprint density at radius 1 is 1.16 bits per heavy atom. The topological polar surface area (TPSA) is 64.1 Å². The van der Waals surface area contributed by atoms with Gasteiger partial charge in [-0.05, 0) is 49.2 Å². The van der Waals surface area contributed by atoms with Crippen LogP contribution in [0.25, 0.3) is 11.0 Å². The Kier molecular flexibility index (Phi) is 5.28. The molecule has 0 amide bonds. The highest BCUT2D eigenvalue weighted by Crippen LogP contribution is 2.25. The molecule has 0 saturated carbocycles. The quantitative estimate of drug-likeness (QED) is 0.610. The number of ether oxygens (including phenoxy) is 1. The lowest BCUT2D eigenvalue weighted by Gasteiger charge is -2.12. The lowest BCUT2D eigenvalue weighted by Crippen LogP contribution is -2.12. The molecular formula is C19H18BrN3O2. The summed E-state index contributed by atoms with van der Waals surface area (Å²) in [7, 11) is 0. The lowest BCUT2D eigenvalue weighted by molar-refractivity contribution is 0.0499. The number of benzene rings is 2. The molecule has 6 heteroatoms. The smallest absolute Gasteiger partial charge is 0.360 e. The van der Waals surface area contributed by atoms with E-state index in [1.54, 1.807) is 0 Å². The first kappa shape index (κ1) is 17.4. The van der Waals surface area contributed by atoms with Gasteiger partial charge in [-0.3, -0.25) is 0 Å².